The Morgan fingerprint density at radius 3 is 2.52 bits per heavy atom. The van der Waals surface area contributed by atoms with Gasteiger partial charge in [-0.15, -0.1) is 0 Å². The number of anilines is 1. The molecular weight excluding hydrogens is 313 g/mol. The number of hydrogen-bond acceptors (Lipinski definition) is 5. The summed E-state index contributed by atoms with van der Waals surface area (Å²) in [7, 11) is -4.48. The Labute approximate surface area is 136 Å². The maximum Gasteiger partial charge on any atom is 0.491 e. The second kappa shape index (κ2) is 5.67. The van der Waals surface area contributed by atoms with E-state index in [1.165, 1.54) is 0 Å². The highest BCUT2D eigenvalue weighted by Gasteiger charge is 2.28. The molecule has 0 fully saturated rings. The fraction of sp³-hybridized carbons (Fsp3) is 0.250. The van der Waals surface area contributed by atoms with E-state index in [4.69, 9.17) is 10.4 Å². The van der Waals surface area contributed by atoms with Gasteiger partial charge in [-0.2, -0.15) is 0 Å². The van der Waals surface area contributed by atoms with Gasteiger partial charge in [0.25, 0.3) is 0 Å². The molecule has 7 heteroatoms. The van der Waals surface area contributed by atoms with E-state index in [9.17, 15) is 13.4 Å². The molecule has 1 heterocycles. The van der Waals surface area contributed by atoms with Gasteiger partial charge in [-0.3, -0.25) is 0 Å². The number of nitrogens with two attached hydrogens (primary N) is 1. The van der Waals surface area contributed by atoms with Crippen molar-refractivity contribution in [3.63, 3.8) is 0 Å². The lowest BCUT2D eigenvalue weighted by atomic mass is 9.79. The van der Waals surface area contributed by atoms with Crippen LogP contribution in [-0.4, -0.2) is 20.6 Å². The van der Waals surface area contributed by atoms with Gasteiger partial charge in [0.05, 0.1) is 17.3 Å². The molecule has 1 aliphatic rings. The highest BCUT2D eigenvalue weighted by atomic mass is 32.2. The summed E-state index contributed by atoms with van der Waals surface area (Å²) in [6, 6.07) is 8.60. The zero-order valence-electron chi connectivity index (χ0n) is 13.0. The molecule has 3 N–H and O–H groups in total. The molecule has 2 aromatic carbocycles. The molecule has 0 amide bonds. The fourth-order valence-electron chi connectivity index (χ4n) is 3.12. The summed E-state index contributed by atoms with van der Waals surface area (Å²) in [4.78, 5) is 0.323. The number of nitrogen functional groups attached to an aromatic ring is 1. The monoisotopic (exact) mass is 331 g/mol. The van der Waals surface area contributed by atoms with Crippen LogP contribution in [0.5, 0.6) is 0 Å². The molecule has 5 nitrogen and oxygen atoms in total. The first kappa shape index (κ1) is 16.0. The van der Waals surface area contributed by atoms with E-state index >= 15 is 0 Å². The first-order valence-corrected chi connectivity index (χ1v) is 8.94. The highest BCUT2D eigenvalue weighted by Crippen LogP contribution is 2.26. The lowest BCUT2D eigenvalue weighted by molar-refractivity contribution is 0.275. The van der Waals surface area contributed by atoms with Crippen LogP contribution in [0.4, 0.5) is 5.69 Å². The summed E-state index contributed by atoms with van der Waals surface area (Å²) in [6.45, 7) is 3.84. The van der Waals surface area contributed by atoms with Crippen molar-refractivity contribution in [1.82, 2.24) is 0 Å². The Kier molecular flexibility index (Phi) is 3.95. The quantitative estimate of drug-likeness (QED) is 0.649. The van der Waals surface area contributed by atoms with E-state index in [0.717, 1.165) is 5.56 Å². The van der Waals surface area contributed by atoms with Crippen molar-refractivity contribution in [2.45, 2.75) is 31.1 Å². The molecule has 0 atom stereocenters. The molecule has 1 aliphatic heterocycles. The number of aryl methyl sites for hydroxylation is 2. The van der Waals surface area contributed by atoms with Gasteiger partial charge in [0.2, 0.25) is 0 Å². The molecule has 23 heavy (non-hydrogen) atoms. The Balaban J connectivity index is 1.98. The molecule has 0 bridgehead atoms. The van der Waals surface area contributed by atoms with Crippen LogP contribution in [0.25, 0.3) is 0 Å². The molecule has 120 valence electrons. The summed E-state index contributed by atoms with van der Waals surface area (Å²) in [6.07, 6.45) is 0. The predicted octanol–water partition coefficient (Wildman–Crippen LogP) is 1.08. The van der Waals surface area contributed by atoms with Gasteiger partial charge >= 0.3 is 7.12 Å². The predicted molar refractivity (Wildman–Crippen MR) is 90.1 cm³/mol. The van der Waals surface area contributed by atoms with Gasteiger partial charge in [0, 0.05) is 5.69 Å². The van der Waals surface area contributed by atoms with E-state index in [2.05, 4.69) is 0 Å². The van der Waals surface area contributed by atoms with Crippen LogP contribution in [0.1, 0.15) is 22.3 Å². The minimum absolute atomic E-state index is 0.126. The molecular formula is C16H18BNO4S. The molecule has 0 spiro atoms. The third-order valence-corrected chi connectivity index (χ3v) is 6.00. The molecule has 0 aliphatic carbocycles. The molecule has 3 rings (SSSR count). The maximum atomic E-state index is 12.8. The Morgan fingerprint density at radius 2 is 1.87 bits per heavy atom. The van der Waals surface area contributed by atoms with Gasteiger partial charge in [-0.25, -0.2) is 8.42 Å². The van der Waals surface area contributed by atoms with Crippen LogP contribution >= 0.6 is 0 Å². The summed E-state index contributed by atoms with van der Waals surface area (Å²) >= 11 is 0. The average molecular weight is 331 g/mol. The minimum atomic E-state index is -3.50. The van der Waals surface area contributed by atoms with Crippen molar-refractivity contribution in [3.05, 3.63) is 52.6 Å². The van der Waals surface area contributed by atoms with Crippen molar-refractivity contribution in [2.75, 3.05) is 5.73 Å². The number of benzene rings is 2. The largest absolute Gasteiger partial charge is 0.491 e. The summed E-state index contributed by atoms with van der Waals surface area (Å²) in [5, 5.41) is 9.75. The van der Waals surface area contributed by atoms with E-state index in [-0.39, 0.29) is 5.75 Å². The van der Waals surface area contributed by atoms with Crippen molar-refractivity contribution < 1.29 is 18.1 Å². The fourth-order valence-corrected chi connectivity index (χ4v) is 4.98. The second-order valence-corrected chi connectivity index (χ2v) is 7.87. The van der Waals surface area contributed by atoms with Crippen molar-refractivity contribution in [1.29, 1.82) is 0 Å². The van der Waals surface area contributed by atoms with Crippen LogP contribution in [0.3, 0.4) is 0 Å². The van der Waals surface area contributed by atoms with E-state index in [1.54, 1.807) is 44.2 Å². The summed E-state index contributed by atoms with van der Waals surface area (Å²) in [5.41, 5.74) is 9.77. The van der Waals surface area contributed by atoms with Crippen LogP contribution in [0.15, 0.2) is 35.2 Å². The summed E-state index contributed by atoms with van der Waals surface area (Å²) < 4.78 is 30.7. The first-order chi connectivity index (χ1) is 10.8. The topological polar surface area (TPSA) is 89.6 Å². The standard InChI is InChI=1S/C16H18BNO4S/c1-10-5-14(18)6-11(2)16(10)23(20,21)9-12-3-4-13-8-22-17(19)15(13)7-12/h3-7,19H,8-9,18H2,1-2H3. The van der Waals surface area contributed by atoms with Crippen LogP contribution in [0, 0.1) is 13.8 Å². The number of hydrogen-bond donors (Lipinski definition) is 2. The highest BCUT2D eigenvalue weighted by molar-refractivity contribution is 7.90. The van der Waals surface area contributed by atoms with Crippen molar-refractivity contribution in [3.8, 4) is 0 Å². The Bertz CT molecular complexity index is 857. The van der Waals surface area contributed by atoms with Crippen LogP contribution < -0.4 is 11.2 Å². The summed E-state index contributed by atoms with van der Waals surface area (Å²) in [5.74, 6) is -0.126. The third-order valence-electron chi connectivity index (χ3n) is 4.02. The van der Waals surface area contributed by atoms with Gasteiger partial charge < -0.3 is 15.4 Å². The van der Waals surface area contributed by atoms with Crippen molar-refractivity contribution in [2.24, 2.45) is 0 Å². The van der Waals surface area contributed by atoms with Crippen molar-refractivity contribution >= 4 is 28.1 Å². The minimum Gasteiger partial charge on any atom is -0.423 e. The van der Waals surface area contributed by atoms with Crippen LogP contribution in [-0.2, 0) is 26.9 Å². The Morgan fingerprint density at radius 1 is 1.22 bits per heavy atom. The first-order valence-electron chi connectivity index (χ1n) is 7.29. The van der Waals surface area contributed by atoms with Gasteiger partial charge in [0.15, 0.2) is 9.84 Å². The van der Waals surface area contributed by atoms with Crippen LogP contribution in [0.2, 0.25) is 0 Å². The zero-order valence-corrected chi connectivity index (χ0v) is 13.9. The molecule has 0 saturated heterocycles. The van der Waals surface area contributed by atoms with Gasteiger partial charge in [-0.1, -0.05) is 18.2 Å². The lowest BCUT2D eigenvalue weighted by Crippen LogP contribution is -2.28. The molecule has 0 aromatic heterocycles. The van der Waals surface area contributed by atoms with Gasteiger partial charge in [-0.05, 0) is 53.7 Å². The lowest BCUT2D eigenvalue weighted by Gasteiger charge is -2.13. The number of fused-ring (bicyclic) bond motifs is 1. The second-order valence-electron chi connectivity index (χ2n) is 5.94. The molecule has 2 aromatic rings. The smallest absolute Gasteiger partial charge is 0.423 e. The SMILES string of the molecule is Cc1cc(N)cc(C)c1S(=O)(=O)Cc1ccc2c(c1)B(O)OC2. The molecule has 0 saturated carbocycles. The zero-order chi connectivity index (χ0) is 16.8. The number of sulfone groups is 1. The molecule has 0 unspecified atom stereocenters. The number of rotatable bonds is 3. The molecule has 0 radical (unpaired) electrons. The maximum absolute atomic E-state index is 12.8. The normalized spacial score (nSPS) is 14.1. The van der Waals surface area contributed by atoms with E-state index < -0.39 is 17.0 Å². The average Bonchev–Trinajstić information content (AvgIpc) is 2.78. The van der Waals surface area contributed by atoms with E-state index in [1.807, 2.05) is 0 Å². The van der Waals surface area contributed by atoms with Gasteiger partial charge in [0.1, 0.15) is 0 Å². The van der Waals surface area contributed by atoms with E-state index in [0.29, 0.717) is 39.3 Å². The third kappa shape index (κ3) is 2.99. The Hall–Kier alpha value is -1.83.